The van der Waals surface area contributed by atoms with Gasteiger partial charge in [0, 0.05) is 0 Å². The van der Waals surface area contributed by atoms with E-state index in [0.717, 1.165) is 17.9 Å². The Balaban J connectivity index is 2.21. The lowest BCUT2D eigenvalue weighted by Gasteiger charge is -2.20. The summed E-state index contributed by atoms with van der Waals surface area (Å²) in [6.07, 6.45) is 3.86. The van der Waals surface area contributed by atoms with Gasteiger partial charge in [0.15, 0.2) is 0 Å². The van der Waals surface area contributed by atoms with Gasteiger partial charge in [-0.1, -0.05) is 32.9 Å². The average Bonchev–Trinajstić information content (AvgIpc) is 2.85. The lowest BCUT2D eigenvalue weighted by atomic mass is 9.85. The molecule has 0 heterocycles. The first-order valence-corrected chi connectivity index (χ1v) is 5.79. The quantitative estimate of drug-likeness (QED) is 0.779. The molecule has 1 aliphatic rings. The third kappa shape index (κ3) is 2.53. The molecule has 0 amide bonds. The normalized spacial score (nSPS) is 16.7. The first-order chi connectivity index (χ1) is 6.97. The number of phenolic OH excluding ortho intramolecular Hbond substituents is 1. The predicted molar refractivity (Wildman–Crippen MR) is 63.2 cm³/mol. The van der Waals surface area contributed by atoms with Crippen LogP contribution in [0.3, 0.4) is 0 Å². The van der Waals surface area contributed by atoms with Crippen molar-refractivity contribution in [1.82, 2.24) is 0 Å². The van der Waals surface area contributed by atoms with Gasteiger partial charge in [0.1, 0.15) is 5.75 Å². The van der Waals surface area contributed by atoms with Crippen molar-refractivity contribution in [3.05, 3.63) is 29.3 Å². The maximum Gasteiger partial charge on any atom is 0.119 e. The Morgan fingerprint density at radius 2 is 1.93 bits per heavy atom. The van der Waals surface area contributed by atoms with Gasteiger partial charge in [0.25, 0.3) is 0 Å². The van der Waals surface area contributed by atoms with Crippen LogP contribution in [-0.2, 0) is 11.8 Å². The second kappa shape index (κ2) is 3.55. The van der Waals surface area contributed by atoms with Crippen LogP contribution in [0.1, 0.15) is 44.7 Å². The minimum Gasteiger partial charge on any atom is -0.508 e. The topological polar surface area (TPSA) is 20.2 Å². The molecule has 0 unspecified atom stereocenters. The molecule has 0 saturated heterocycles. The molecular formula is C14H20O. The second-order valence-corrected chi connectivity index (χ2v) is 5.75. The number of phenols is 1. The first-order valence-electron chi connectivity index (χ1n) is 5.79. The van der Waals surface area contributed by atoms with E-state index in [-0.39, 0.29) is 5.41 Å². The van der Waals surface area contributed by atoms with Gasteiger partial charge in [-0.05, 0) is 47.8 Å². The van der Waals surface area contributed by atoms with Crippen LogP contribution in [0.15, 0.2) is 18.2 Å². The molecule has 0 spiro atoms. The SMILES string of the molecule is CC(C)(C)c1ccc(CC2CC2)cc1O. The third-order valence-corrected chi connectivity index (χ3v) is 3.09. The second-order valence-electron chi connectivity index (χ2n) is 5.75. The first kappa shape index (κ1) is 10.5. The van der Waals surface area contributed by atoms with E-state index in [1.165, 1.54) is 18.4 Å². The van der Waals surface area contributed by atoms with E-state index >= 15 is 0 Å². The van der Waals surface area contributed by atoms with Gasteiger partial charge in [-0.2, -0.15) is 0 Å². The van der Waals surface area contributed by atoms with Gasteiger partial charge in [-0.3, -0.25) is 0 Å². The van der Waals surface area contributed by atoms with Crippen LogP contribution in [0.2, 0.25) is 0 Å². The molecule has 1 aromatic carbocycles. The molecule has 0 aliphatic heterocycles. The summed E-state index contributed by atoms with van der Waals surface area (Å²) in [5, 5.41) is 9.96. The number of rotatable bonds is 2. The van der Waals surface area contributed by atoms with Gasteiger partial charge in [-0.25, -0.2) is 0 Å². The van der Waals surface area contributed by atoms with Crippen molar-refractivity contribution in [3.8, 4) is 5.75 Å². The van der Waals surface area contributed by atoms with Gasteiger partial charge in [-0.15, -0.1) is 0 Å². The van der Waals surface area contributed by atoms with Gasteiger partial charge >= 0.3 is 0 Å². The minimum atomic E-state index is 0.0300. The highest BCUT2D eigenvalue weighted by atomic mass is 16.3. The summed E-state index contributed by atoms with van der Waals surface area (Å²) >= 11 is 0. The van der Waals surface area contributed by atoms with Crippen molar-refractivity contribution < 1.29 is 5.11 Å². The largest absolute Gasteiger partial charge is 0.508 e. The molecule has 0 aromatic heterocycles. The maximum atomic E-state index is 9.96. The molecule has 15 heavy (non-hydrogen) atoms. The Hall–Kier alpha value is -0.980. The Morgan fingerprint density at radius 1 is 1.27 bits per heavy atom. The lowest BCUT2D eigenvalue weighted by Crippen LogP contribution is -2.11. The summed E-state index contributed by atoms with van der Waals surface area (Å²) in [7, 11) is 0. The van der Waals surface area contributed by atoms with Crippen LogP contribution in [-0.4, -0.2) is 5.11 Å². The average molecular weight is 204 g/mol. The molecule has 1 aromatic rings. The molecule has 1 heteroatoms. The third-order valence-electron chi connectivity index (χ3n) is 3.09. The molecule has 1 fully saturated rings. The number of hydrogen-bond donors (Lipinski definition) is 1. The highest BCUT2D eigenvalue weighted by molar-refractivity contribution is 5.40. The molecule has 1 N–H and O–H groups in total. The fourth-order valence-corrected chi connectivity index (χ4v) is 1.99. The van der Waals surface area contributed by atoms with Gasteiger partial charge < -0.3 is 5.11 Å². The summed E-state index contributed by atoms with van der Waals surface area (Å²) in [5.41, 5.74) is 2.35. The van der Waals surface area contributed by atoms with E-state index in [2.05, 4.69) is 32.9 Å². The van der Waals surface area contributed by atoms with Crippen LogP contribution in [0.25, 0.3) is 0 Å². The van der Waals surface area contributed by atoms with Crippen molar-refractivity contribution >= 4 is 0 Å². The van der Waals surface area contributed by atoms with E-state index < -0.39 is 0 Å². The number of benzene rings is 1. The van der Waals surface area contributed by atoms with Crippen LogP contribution in [0, 0.1) is 5.92 Å². The fourth-order valence-electron chi connectivity index (χ4n) is 1.99. The minimum absolute atomic E-state index is 0.0300. The molecule has 1 saturated carbocycles. The Bertz CT molecular complexity index is 356. The van der Waals surface area contributed by atoms with Crippen LogP contribution >= 0.6 is 0 Å². The molecule has 82 valence electrons. The van der Waals surface area contributed by atoms with Crippen molar-refractivity contribution in [2.24, 2.45) is 5.92 Å². The summed E-state index contributed by atoms with van der Waals surface area (Å²) in [6, 6.07) is 6.19. The highest BCUT2D eigenvalue weighted by Crippen LogP contribution is 2.35. The van der Waals surface area contributed by atoms with E-state index in [0.29, 0.717) is 5.75 Å². The van der Waals surface area contributed by atoms with Crippen LogP contribution in [0.5, 0.6) is 5.75 Å². The predicted octanol–water partition coefficient (Wildman–Crippen LogP) is 3.64. The Morgan fingerprint density at radius 3 is 2.40 bits per heavy atom. The van der Waals surface area contributed by atoms with Crippen molar-refractivity contribution in [2.45, 2.75) is 45.4 Å². The fraction of sp³-hybridized carbons (Fsp3) is 0.571. The van der Waals surface area contributed by atoms with Crippen molar-refractivity contribution in [3.63, 3.8) is 0 Å². The maximum absolute atomic E-state index is 9.96. The van der Waals surface area contributed by atoms with Gasteiger partial charge in [0.2, 0.25) is 0 Å². The smallest absolute Gasteiger partial charge is 0.119 e. The zero-order valence-corrected chi connectivity index (χ0v) is 9.88. The summed E-state index contributed by atoms with van der Waals surface area (Å²) in [6.45, 7) is 6.38. The molecule has 0 bridgehead atoms. The van der Waals surface area contributed by atoms with Crippen LogP contribution in [0.4, 0.5) is 0 Å². The number of aromatic hydroxyl groups is 1. The summed E-state index contributed by atoms with van der Waals surface area (Å²) < 4.78 is 0. The standard InChI is InChI=1S/C14H20O/c1-14(2,3)12-7-6-11(9-13(12)15)8-10-4-5-10/h6-7,9-10,15H,4-5,8H2,1-3H3. The Kier molecular flexibility index (Phi) is 2.49. The summed E-state index contributed by atoms with van der Waals surface area (Å²) in [5.74, 6) is 1.34. The molecule has 1 aliphatic carbocycles. The van der Waals surface area contributed by atoms with E-state index in [1.807, 2.05) is 6.07 Å². The van der Waals surface area contributed by atoms with Crippen molar-refractivity contribution in [2.75, 3.05) is 0 Å². The zero-order valence-electron chi connectivity index (χ0n) is 9.88. The zero-order chi connectivity index (χ0) is 11.1. The monoisotopic (exact) mass is 204 g/mol. The van der Waals surface area contributed by atoms with E-state index in [4.69, 9.17) is 0 Å². The molecular weight excluding hydrogens is 184 g/mol. The van der Waals surface area contributed by atoms with Crippen LogP contribution < -0.4 is 0 Å². The van der Waals surface area contributed by atoms with E-state index in [9.17, 15) is 5.11 Å². The lowest BCUT2D eigenvalue weighted by molar-refractivity contribution is 0.446. The highest BCUT2D eigenvalue weighted by Gasteiger charge is 2.23. The van der Waals surface area contributed by atoms with Gasteiger partial charge in [0.05, 0.1) is 0 Å². The number of hydrogen-bond acceptors (Lipinski definition) is 1. The Labute approximate surface area is 92.1 Å². The molecule has 1 nitrogen and oxygen atoms in total. The molecule has 0 atom stereocenters. The summed E-state index contributed by atoms with van der Waals surface area (Å²) in [4.78, 5) is 0. The molecule has 2 rings (SSSR count). The molecule has 0 radical (unpaired) electrons. The van der Waals surface area contributed by atoms with Crippen molar-refractivity contribution in [1.29, 1.82) is 0 Å². The van der Waals surface area contributed by atoms with E-state index in [1.54, 1.807) is 0 Å².